The Labute approximate surface area is 161 Å². The lowest BCUT2D eigenvalue weighted by Crippen LogP contribution is -2.52. The van der Waals surface area contributed by atoms with E-state index in [0.717, 1.165) is 57.2 Å². The summed E-state index contributed by atoms with van der Waals surface area (Å²) in [6, 6.07) is 1.14. The molecule has 8 heteroatoms. The van der Waals surface area contributed by atoms with Crippen LogP contribution < -0.4 is 20.3 Å². The fourth-order valence-corrected chi connectivity index (χ4v) is 4.25. The lowest BCUT2D eigenvalue weighted by molar-refractivity contribution is 0.187. The Morgan fingerprint density at radius 1 is 1.30 bits per heavy atom. The number of nitrogens with zero attached hydrogens (tertiary/aromatic N) is 5. The van der Waals surface area contributed by atoms with E-state index >= 15 is 0 Å². The summed E-state index contributed by atoms with van der Waals surface area (Å²) in [4.78, 5) is 17.8. The van der Waals surface area contributed by atoms with E-state index in [4.69, 9.17) is 21.3 Å². The molecule has 1 aromatic heterocycles. The van der Waals surface area contributed by atoms with E-state index in [9.17, 15) is 0 Å². The van der Waals surface area contributed by atoms with Crippen LogP contribution in [0.25, 0.3) is 4.85 Å². The summed E-state index contributed by atoms with van der Waals surface area (Å²) in [5.74, 6) is 1.01. The zero-order valence-electron chi connectivity index (χ0n) is 16.1. The summed E-state index contributed by atoms with van der Waals surface area (Å²) in [5.41, 5.74) is 2.30. The molecular weight excluding hydrogens is 342 g/mol. The topological polar surface area (TPSA) is 69.9 Å². The van der Waals surface area contributed by atoms with Gasteiger partial charge in [-0.25, -0.2) is 6.57 Å². The van der Waals surface area contributed by atoms with Crippen molar-refractivity contribution in [3.8, 4) is 6.01 Å². The lowest BCUT2D eigenvalue weighted by atomic mass is 10.1. The standard InChI is InChI=1S/C19H29N7O/c1-20-10-14-12-26(9-7-22-14)18-16-5-6-21-11-17(16)23-19(24-18)27-13-15-4-3-8-25(15)2/h14-15,21-22H,3-13H2,2H3/t14-,15-/m0/s1. The molecule has 0 bridgehead atoms. The molecule has 0 saturated carbocycles. The fourth-order valence-electron chi connectivity index (χ4n) is 4.25. The number of hydrogen-bond acceptors (Lipinski definition) is 7. The number of nitrogens with one attached hydrogen (secondary N) is 2. The molecule has 1 aromatic rings. The Morgan fingerprint density at radius 3 is 3.04 bits per heavy atom. The fraction of sp³-hybridized carbons (Fsp3) is 0.737. The first-order chi connectivity index (χ1) is 13.2. The van der Waals surface area contributed by atoms with Gasteiger partial charge in [0, 0.05) is 37.8 Å². The maximum Gasteiger partial charge on any atom is 0.318 e. The highest BCUT2D eigenvalue weighted by Crippen LogP contribution is 2.27. The van der Waals surface area contributed by atoms with Gasteiger partial charge in [-0.05, 0) is 39.4 Å². The Balaban J connectivity index is 1.55. The summed E-state index contributed by atoms with van der Waals surface area (Å²) >= 11 is 0. The molecule has 0 aromatic carbocycles. The third-order valence-corrected chi connectivity index (χ3v) is 5.84. The minimum Gasteiger partial charge on any atom is -0.462 e. The second-order valence-corrected chi connectivity index (χ2v) is 7.71. The van der Waals surface area contributed by atoms with Gasteiger partial charge < -0.3 is 30.0 Å². The van der Waals surface area contributed by atoms with Gasteiger partial charge in [-0.3, -0.25) is 0 Å². The first-order valence-electron chi connectivity index (χ1n) is 9.99. The predicted octanol–water partition coefficient (Wildman–Crippen LogP) is 0.293. The van der Waals surface area contributed by atoms with Crippen LogP contribution in [-0.4, -0.2) is 79.9 Å². The number of rotatable bonds is 5. The summed E-state index contributed by atoms with van der Waals surface area (Å²) < 4.78 is 6.05. The SMILES string of the molecule is [C-]#[N+]C[C@H]1CN(c2nc(OC[C@@H]3CCCN3C)nc3c2CCNC3)CCN1. The lowest BCUT2D eigenvalue weighted by Gasteiger charge is -2.34. The van der Waals surface area contributed by atoms with Crippen LogP contribution in [0.4, 0.5) is 5.82 Å². The van der Waals surface area contributed by atoms with Crippen LogP contribution >= 0.6 is 0 Å². The smallest absolute Gasteiger partial charge is 0.318 e. The van der Waals surface area contributed by atoms with Crippen LogP contribution in [0.15, 0.2) is 0 Å². The number of likely N-dealkylation sites (tertiary alicyclic amines) is 1. The van der Waals surface area contributed by atoms with Crippen LogP contribution in [0.5, 0.6) is 6.01 Å². The second-order valence-electron chi connectivity index (χ2n) is 7.71. The van der Waals surface area contributed by atoms with Crippen molar-refractivity contribution in [3.63, 3.8) is 0 Å². The Morgan fingerprint density at radius 2 is 2.22 bits per heavy atom. The minimum absolute atomic E-state index is 0.195. The van der Waals surface area contributed by atoms with Gasteiger partial charge in [0.25, 0.3) is 0 Å². The quantitative estimate of drug-likeness (QED) is 0.721. The summed E-state index contributed by atoms with van der Waals surface area (Å²) in [7, 11) is 2.16. The van der Waals surface area contributed by atoms with E-state index in [1.54, 1.807) is 0 Å². The van der Waals surface area contributed by atoms with Gasteiger partial charge in [-0.15, -0.1) is 0 Å². The number of hydrogen-bond donors (Lipinski definition) is 2. The van der Waals surface area contributed by atoms with Gasteiger partial charge in [0.15, 0.2) is 0 Å². The van der Waals surface area contributed by atoms with E-state index < -0.39 is 0 Å². The van der Waals surface area contributed by atoms with Gasteiger partial charge in [-0.2, -0.15) is 9.97 Å². The number of ether oxygens (including phenoxy) is 1. The molecule has 4 rings (SSSR count). The van der Waals surface area contributed by atoms with Crippen LogP contribution in [-0.2, 0) is 13.0 Å². The number of anilines is 1. The zero-order valence-corrected chi connectivity index (χ0v) is 16.1. The average molecular weight is 371 g/mol. The molecule has 0 radical (unpaired) electrons. The minimum atomic E-state index is 0.195. The molecule has 0 amide bonds. The third kappa shape index (κ3) is 4.15. The van der Waals surface area contributed by atoms with Gasteiger partial charge >= 0.3 is 6.01 Å². The van der Waals surface area contributed by atoms with E-state index in [1.165, 1.54) is 18.4 Å². The Kier molecular flexibility index (Phi) is 5.72. The number of aromatic nitrogens is 2. The van der Waals surface area contributed by atoms with Crippen LogP contribution in [0.2, 0.25) is 0 Å². The largest absolute Gasteiger partial charge is 0.462 e. The first kappa shape index (κ1) is 18.4. The van der Waals surface area contributed by atoms with E-state index in [0.29, 0.717) is 25.2 Å². The molecule has 2 N–H and O–H groups in total. The molecule has 2 saturated heterocycles. The van der Waals surface area contributed by atoms with Gasteiger partial charge in [0.05, 0.1) is 11.7 Å². The van der Waals surface area contributed by atoms with Crippen molar-refractivity contribution in [3.05, 3.63) is 22.7 Å². The molecule has 2 fully saturated rings. The van der Waals surface area contributed by atoms with Crippen molar-refractivity contribution in [2.24, 2.45) is 0 Å². The van der Waals surface area contributed by atoms with Crippen LogP contribution in [0.1, 0.15) is 24.1 Å². The molecule has 0 aliphatic carbocycles. The summed E-state index contributed by atoms with van der Waals surface area (Å²) in [6.45, 7) is 13.7. The molecule has 0 unspecified atom stereocenters. The Bertz CT molecular complexity index is 704. The normalized spacial score (nSPS) is 25.9. The molecule has 0 spiro atoms. The Hall–Kier alpha value is -1.95. The second kappa shape index (κ2) is 8.38. The number of fused-ring (bicyclic) bond motifs is 1. The zero-order chi connectivity index (χ0) is 18.6. The van der Waals surface area contributed by atoms with Crippen molar-refractivity contribution >= 4 is 5.82 Å². The number of likely N-dealkylation sites (N-methyl/N-ethyl adjacent to an activating group) is 1. The third-order valence-electron chi connectivity index (χ3n) is 5.84. The molecule has 146 valence electrons. The maximum absolute atomic E-state index is 7.16. The van der Waals surface area contributed by atoms with E-state index in [1.807, 2.05) is 0 Å². The molecule has 2 atom stereocenters. The van der Waals surface area contributed by atoms with Crippen molar-refractivity contribution < 1.29 is 4.74 Å². The van der Waals surface area contributed by atoms with Gasteiger partial charge in [-0.1, -0.05) is 0 Å². The highest BCUT2D eigenvalue weighted by atomic mass is 16.5. The average Bonchev–Trinajstić information content (AvgIpc) is 3.11. The van der Waals surface area contributed by atoms with Crippen molar-refractivity contribution in [1.29, 1.82) is 0 Å². The molecule has 3 aliphatic rings. The molecule has 27 heavy (non-hydrogen) atoms. The van der Waals surface area contributed by atoms with Crippen molar-refractivity contribution in [1.82, 2.24) is 25.5 Å². The van der Waals surface area contributed by atoms with E-state index in [2.05, 4.69) is 32.3 Å². The first-order valence-corrected chi connectivity index (χ1v) is 9.99. The van der Waals surface area contributed by atoms with Crippen LogP contribution in [0.3, 0.4) is 0 Å². The van der Waals surface area contributed by atoms with Crippen molar-refractivity contribution in [2.75, 3.05) is 57.8 Å². The molecule has 4 heterocycles. The van der Waals surface area contributed by atoms with Gasteiger partial charge in [0.1, 0.15) is 12.4 Å². The summed E-state index contributed by atoms with van der Waals surface area (Å²) in [6.07, 6.45) is 3.34. The molecule has 8 nitrogen and oxygen atoms in total. The molecular formula is C19H29N7O. The van der Waals surface area contributed by atoms with E-state index in [-0.39, 0.29) is 6.04 Å². The predicted molar refractivity (Wildman–Crippen MR) is 104 cm³/mol. The maximum atomic E-state index is 7.16. The molecule has 3 aliphatic heterocycles. The monoisotopic (exact) mass is 371 g/mol. The highest BCUT2D eigenvalue weighted by molar-refractivity contribution is 5.51. The number of piperazine rings is 1. The van der Waals surface area contributed by atoms with Crippen molar-refractivity contribution in [2.45, 2.75) is 37.9 Å². The highest BCUT2D eigenvalue weighted by Gasteiger charge is 2.28. The van der Waals surface area contributed by atoms with Gasteiger partial charge in [0.2, 0.25) is 6.54 Å². The van der Waals surface area contributed by atoms with Crippen LogP contribution in [0, 0.1) is 6.57 Å². The summed E-state index contributed by atoms with van der Waals surface area (Å²) in [5, 5.41) is 6.84.